The fraction of sp³-hybridized carbons (Fsp3) is 0.444. The van der Waals surface area contributed by atoms with E-state index in [0.29, 0.717) is 16.7 Å². The van der Waals surface area contributed by atoms with E-state index in [-0.39, 0.29) is 22.9 Å². The first-order valence-corrected chi connectivity index (χ1v) is 11.9. The number of aromatic carboxylic acids is 1. The number of carboxylic acid groups (broad SMARTS) is 1. The maximum Gasteiger partial charge on any atom is 0.335 e. The van der Waals surface area contributed by atoms with Gasteiger partial charge in [0.25, 0.3) is 5.91 Å². The van der Waals surface area contributed by atoms with Gasteiger partial charge in [-0.3, -0.25) is 9.79 Å². The molecule has 4 rings (SSSR count). The Morgan fingerprint density at radius 2 is 1.79 bits per heavy atom. The van der Waals surface area contributed by atoms with Crippen molar-refractivity contribution in [1.29, 1.82) is 0 Å². The molecule has 1 spiro atoms. The smallest absolute Gasteiger partial charge is 0.335 e. The lowest BCUT2D eigenvalue weighted by Gasteiger charge is -2.46. The van der Waals surface area contributed by atoms with Crippen LogP contribution in [-0.4, -0.2) is 33.3 Å². The van der Waals surface area contributed by atoms with Crippen molar-refractivity contribution in [3.8, 4) is 0 Å². The lowest BCUT2D eigenvalue weighted by molar-refractivity contribution is -0.132. The van der Waals surface area contributed by atoms with Gasteiger partial charge in [0.2, 0.25) is 0 Å². The van der Waals surface area contributed by atoms with E-state index in [2.05, 4.69) is 20.8 Å². The zero-order valence-electron chi connectivity index (χ0n) is 19.6. The minimum absolute atomic E-state index is 0.0960. The summed E-state index contributed by atoms with van der Waals surface area (Å²) >= 11 is 6.22. The van der Waals surface area contributed by atoms with Crippen LogP contribution in [0, 0.1) is 11.3 Å². The van der Waals surface area contributed by atoms with Crippen LogP contribution in [0.2, 0.25) is 5.02 Å². The zero-order chi connectivity index (χ0) is 24.0. The Balaban J connectivity index is 1.72. The minimum Gasteiger partial charge on any atom is -0.478 e. The number of carbonyl (C=O) groups excluding carboxylic acids is 1. The van der Waals surface area contributed by atoms with Crippen LogP contribution in [0.3, 0.4) is 0 Å². The molecule has 174 valence electrons. The molecule has 5 nitrogen and oxygen atoms in total. The molecule has 2 aromatic carbocycles. The van der Waals surface area contributed by atoms with Crippen LogP contribution in [0.1, 0.15) is 80.9 Å². The molecule has 0 aromatic heterocycles. The first kappa shape index (κ1) is 23.5. The van der Waals surface area contributed by atoms with Gasteiger partial charge in [-0.2, -0.15) is 0 Å². The summed E-state index contributed by atoms with van der Waals surface area (Å²) < 4.78 is 0. The van der Waals surface area contributed by atoms with Gasteiger partial charge in [-0.1, -0.05) is 56.6 Å². The normalized spacial score (nSPS) is 24.2. The highest BCUT2D eigenvalue weighted by molar-refractivity contribution is 6.47. The Morgan fingerprint density at radius 1 is 1.15 bits per heavy atom. The fourth-order valence-electron chi connectivity index (χ4n) is 5.33. The molecule has 1 saturated carbocycles. The second-order valence-corrected chi connectivity index (χ2v) is 10.8. The van der Waals surface area contributed by atoms with E-state index in [4.69, 9.17) is 16.6 Å². The third-order valence-corrected chi connectivity index (χ3v) is 7.56. The number of carbonyl (C=O) groups is 2. The maximum atomic E-state index is 13.8. The molecule has 0 radical (unpaired) electrons. The van der Waals surface area contributed by atoms with Gasteiger partial charge >= 0.3 is 5.97 Å². The predicted molar refractivity (Wildman–Crippen MR) is 131 cm³/mol. The molecule has 1 amide bonds. The van der Waals surface area contributed by atoms with Crippen LogP contribution in [0.25, 0.3) is 0 Å². The van der Waals surface area contributed by atoms with Gasteiger partial charge in [-0.25, -0.2) is 4.79 Å². The van der Waals surface area contributed by atoms with E-state index in [1.807, 2.05) is 24.0 Å². The Kier molecular flexibility index (Phi) is 6.12. The third-order valence-electron chi connectivity index (χ3n) is 7.33. The van der Waals surface area contributed by atoms with Crippen LogP contribution < -0.4 is 0 Å². The van der Waals surface area contributed by atoms with Crippen molar-refractivity contribution in [2.75, 3.05) is 0 Å². The number of carboxylic acids is 1. The number of nitrogens with zero attached hydrogens (tertiary/aromatic N) is 2. The maximum absolute atomic E-state index is 13.8. The molecular weight excluding hydrogens is 436 g/mol. The van der Waals surface area contributed by atoms with Crippen LogP contribution in [0.4, 0.5) is 0 Å². The van der Waals surface area contributed by atoms with Crippen LogP contribution >= 0.6 is 11.6 Å². The van der Waals surface area contributed by atoms with Crippen LogP contribution in [0.5, 0.6) is 0 Å². The first-order chi connectivity index (χ1) is 15.5. The summed E-state index contributed by atoms with van der Waals surface area (Å²) in [4.78, 5) is 32.1. The van der Waals surface area contributed by atoms with Crippen molar-refractivity contribution in [2.24, 2.45) is 16.3 Å². The first-order valence-electron chi connectivity index (χ1n) is 11.5. The van der Waals surface area contributed by atoms with Gasteiger partial charge in [0, 0.05) is 10.6 Å². The summed E-state index contributed by atoms with van der Waals surface area (Å²) in [6.07, 6.45) is 3.62. The van der Waals surface area contributed by atoms with Crippen molar-refractivity contribution in [3.05, 3.63) is 70.2 Å². The van der Waals surface area contributed by atoms with E-state index in [1.54, 1.807) is 36.4 Å². The number of hydrogen-bond acceptors (Lipinski definition) is 3. The summed E-state index contributed by atoms with van der Waals surface area (Å²) in [5.41, 5.74) is 1.94. The van der Waals surface area contributed by atoms with Crippen LogP contribution in [-0.2, 0) is 4.79 Å². The number of rotatable bonds is 4. The molecule has 2 aromatic rings. The number of amides is 1. The molecular formula is C27H31ClN2O3. The summed E-state index contributed by atoms with van der Waals surface area (Å²) in [5, 5.41) is 9.82. The molecule has 1 aliphatic heterocycles. The van der Waals surface area contributed by atoms with E-state index in [1.165, 1.54) is 0 Å². The molecule has 1 atom stereocenters. The van der Waals surface area contributed by atoms with E-state index in [9.17, 15) is 14.7 Å². The van der Waals surface area contributed by atoms with Gasteiger partial charge < -0.3 is 10.0 Å². The molecule has 1 N–H and O–H groups in total. The average molecular weight is 467 g/mol. The van der Waals surface area contributed by atoms with E-state index < -0.39 is 11.6 Å². The molecule has 2 aliphatic rings. The number of hydrogen-bond donors (Lipinski definition) is 1. The molecule has 1 aliphatic carbocycles. The standard InChI is InChI=1S/C27H31ClN2O3/c1-17(18-8-10-19(11-9-18)25(32)33)30-24(31)23(20-6-5-7-22(28)16-20)29-27(30)14-12-21(13-15-27)26(2,3)4/h5-11,16-17,21H,12-15H2,1-4H3,(H,32,33). The van der Waals surface area contributed by atoms with Crippen molar-refractivity contribution >= 4 is 29.2 Å². The topological polar surface area (TPSA) is 70.0 Å². The Morgan fingerprint density at radius 3 is 2.33 bits per heavy atom. The van der Waals surface area contributed by atoms with Crippen molar-refractivity contribution in [1.82, 2.24) is 4.90 Å². The highest BCUT2D eigenvalue weighted by Crippen LogP contribution is 2.49. The summed E-state index contributed by atoms with van der Waals surface area (Å²) in [6, 6.07) is 13.9. The Labute approximate surface area is 200 Å². The molecule has 1 fully saturated rings. The van der Waals surface area contributed by atoms with Gasteiger partial charge in [-0.15, -0.1) is 0 Å². The van der Waals surface area contributed by atoms with Gasteiger partial charge in [-0.05, 0) is 73.8 Å². The molecule has 1 unspecified atom stereocenters. The summed E-state index contributed by atoms with van der Waals surface area (Å²) in [5.74, 6) is -0.480. The fourth-order valence-corrected chi connectivity index (χ4v) is 5.52. The van der Waals surface area contributed by atoms with E-state index in [0.717, 1.165) is 36.8 Å². The third kappa shape index (κ3) is 4.43. The van der Waals surface area contributed by atoms with Gasteiger partial charge in [0.05, 0.1) is 11.6 Å². The predicted octanol–water partition coefficient (Wildman–Crippen LogP) is 6.36. The van der Waals surface area contributed by atoms with Crippen molar-refractivity contribution < 1.29 is 14.7 Å². The lowest BCUT2D eigenvalue weighted by atomic mass is 9.69. The highest BCUT2D eigenvalue weighted by atomic mass is 35.5. The average Bonchev–Trinajstić information content (AvgIpc) is 3.04. The number of aliphatic imine (C=N–C) groups is 1. The molecule has 33 heavy (non-hydrogen) atoms. The Hall–Kier alpha value is -2.66. The zero-order valence-corrected chi connectivity index (χ0v) is 20.4. The molecule has 0 bridgehead atoms. The van der Waals surface area contributed by atoms with Crippen molar-refractivity contribution in [3.63, 3.8) is 0 Å². The highest BCUT2D eigenvalue weighted by Gasteiger charge is 2.51. The SMILES string of the molecule is CC(c1ccc(C(=O)O)cc1)N1C(=O)C(c2cccc(Cl)c2)=NC12CCC(C(C)(C)C)CC2. The molecule has 1 heterocycles. The van der Waals surface area contributed by atoms with Crippen molar-refractivity contribution in [2.45, 2.75) is 65.1 Å². The monoisotopic (exact) mass is 466 g/mol. The quantitative estimate of drug-likeness (QED) is 0.569. The molecule has 6 heteroatoms. The minimum atomic E-state index is -0.963. The summed E-state index contributed by atoms with van der Waals surface area (Å²) in [7, 11) is 0. The van der Waals surface area contributed by atoms with E-state index >= 15 is 0 Å². The summed E-state index contributed by atoms with van der Waals surface area (Å²) in [6.45, 7) is 8.84. The lowest BCUT2D eigenvalue weighted by Crippen LogP contribution is -2.50. The second kappa shape index (κ2) is 8.60. The van der Waals surface area contributed by atoms with Crippen LogP contribution in [0.15, 0.2) is 53.5 Å². The largest absolute Gasteiger partial charge is 0.478 e. The second-order valence-electron chi connectivity index (χ2n) is 10.4. The number of halogens is 1. The van der Waals surface area contributed by atoms with Gasteiger partial charge in [0.1, 0.15) is 11.4 Å². The number of benzene rings is 2. The molecule has 0 saturated heterocycles. The Bertz CT molecular complexity index is 1090. The van der Waals surface area contributed by atoms with Gasteiger partial charge in [0.15, 0.2) is 0 Å².